The van der Waals surface area contributed by atoms with Gasteiger partial charge in [0.1, 0.15) is 0 Å². The first kappa shape index (κ1) is 20.6. The van der Waals surface area contributed by atoms with Crippen LogP contribution in [0.5, 0.6) is 0 Å². The highest BCUT2D eigenvalue weighted by molar-refractivity contribution is 7.16. The summed E-state index contributed by atoms with van der Waals surface area (Å²) in [5.41, 5.74) is 4.11. The molecule has 3 aromatic rings. The Hall–Kier alpha value is -2.70. The second-order valence-electron chi connectivity index (χ2n) is 7.54. The van der Waals surface area contributed by atoms with Gasteiger partial charge in [-0.15, -0.1) is 11.3 Å². The molecular weight excluding hydrogens is 418 g/mol. The molecule has 1 aliphatic rings. The Balaban J connectivity index is 1.52. The van der Waals surface area contributed by atoms with E-state index in [1.807, 2.05) is 32.0 Å². The van der Waals surface area contributed by atoms with E-state index in [1.165, 1.54) is 11.3 Å². The maximum Gasteiger partial charge on any atom is 0.257 e. The van der Waals surface area contributed by atoms with Gasteiger partial charge in [0.2, 0.25) is 5.91 Å². The van der Waals surface area contributed by atoms with Gasteiger partial charge < -0.3 is 5.32 Å². The van der Waals surface area contributed by atoms with Crippen molar-refractivity contribution >= 4 is 45.6 Å². The molecule has 7 heteroatoms. The number of aryl methyl sites for hydroxylation is 3. The summed E-state index contributed by atoms with van der Waals surface area (Å²) in [6.45, 7) is 3.91. The van der Waals surface area contributed by atoms with Gasteiger partial charge in [0.05, 0.1) is 11.6 Å². The molecule has 1 unspecified atom stereocenters. The monoisotopic (exact) mass is 439 g/mol. The summed E-state index contributed by atoms with van der Waals surface area (Å²) in [6, 6.07) is 12.8. The maximum absolute atomic E-state index is 13.0. The number of carbonyl (C=O) groups excluding carboxylic acids is 2. The number of hydrogen-bond acceptors (Lipinski definition) is 4. The smallest absolute Gasteiger partial charge is 0.257 e. The lowest BCUT2D eigenvalue weighted by molar-refractivity contribution is -0.117. The Kier molecular flexibility index (Phi) is 5.88. The van der Waals surface area contributed by atoms with Gasteiger partial charge >= 0.3 is 0 Å². The number of hydrogen-bond donors (Lipinski definition) is 2. The molecule has 1 heterocycles. The fourth-order valence-electron chi connectivity index (χ4n) is 3.55. The number of carbonyl (C=O) groups is 2. The van der Waals surface area contributed by atoms with Crippen molar-refractivity contribution in [3.8, 4) is 0 Å². The topological polar surface area (TPSA) is 71.1 Å². The number of thiazole rings is 1. The molecule has 0 spiro atoms. The van der Waals surface area contributed by atoms with Gasteiger partial charge in [-0.05, 0) is 62.9 Å². The number of halogens is 1. The van der Waals surface area contributed by atoms with E-state index in [9.17, 15) is 9.59 Å². The van der Waals surface area contributed by atoms with E-state index >= 15 is 0 Å². The average molecular weight is 440 g/mol. The number of amides is 2. The number of nitrogens with one attached hydrogen (secondary N) is 2. The highest BCUT2D eigenvalue weighted by Crippen LogP contribution is 2.37. The zero-order valence-corrected chi connectivity index (χ0v) is 18.4. The number of fused-ring (bicyclic) bond motifs is 1. The van der Waals surface area contributed by atoms with Gasteiger partial charge in [0, 0.05) is 21.2 Å². The summed E-state index contributed by atoms with van der Waals surface area (Å²) in [4.78, 5) is 31.2. The molecule has 0 bridgehead atoms. The molecule has 154 valence electrons. The standard InChI is InChI=1S/C23H22ClN3O2S/c1-13-6-9-15(10-7-13)21(28)27-23-26-20-17(4-3-5-19(20)30-23)22(29)25-18-12-16(24)11-8-14(18)2/h6-12,17H,3-5H2,1-2H3,(H,25,29)(H,26,27,28). The SMILES string of the molecule is Cc1ccc(C(=O)Nc2nc3c(s2)CCCC3C(=O)Nc2cc(Cl)ccc2C)cc1. The highest BCUT2D eigenvalue weighted by atomic mass is 35.5. The van der Waals surface area contributed by atoms with Crippen LogP contribution < -0.4 is 10.6 Å². The third kappa shape index (κ3) is 4.40. The Bertz CT molecular complexity index is 1110. The van der Waals surface area contributed by atoms with Crippen LogP contribution in [-0.4, -0.2) is 16.8 Å². The Labute approximate surface area is 184 Å². The van der Waals surface area contributed by atoms with Gasteiger partial charge in [-0.3, -0.25) is 14.9 Å². The normalized spacial score (nSPS) is 15.4. The summed E-state index contributed by atoms with van der Waals surface area (Å²) in [5, 5.41) is 6.99. The minimum Gasteiger partial charge on any atom is -0.325 e. The number of anilines is 2. The zero-order chi connectivity index (χ0) is 21.3. The molecule has 4 rings (SSSR count). The summed E-state index contributed by atoms with van der Waals surface area (Å²) >= 11 is 7.53. The largest absolute Gasteiger partial charge is 0.325 e. The molecule has 1 atom stereocenters. The second kappa shape index (κ2) is 8.58. The van der Waals surface area contributed by atoms with Crippen LogP contribution in [0.15, 0.2) is 42.5 Å². The first-order valence-corrected chi connectivity index (χ1v) is 11.0. The van der Waals surface area contributed by atoms with Crippen LogP contribution in [0, 0.1) is 13.8 Å². The fraction of sp³-hybridized carbons (Fsp3) is 0.261. The molecule has 0 aliphatic heterocycles. The molecule has 5 nitrogen and oxygen atoms in total. The van der Waals surface area contributed by atoms with Crippen LogP contribution in [0.25, 0.3) is 0 Å². The fourth-order valence-corrected chi connectivity index (χ4v) is 4.78. The van der Waals surface area contributed by atoms with E-state index in [0.29, 0.717) is 21.4 Å². The third-order valence-electron chi connectivity index (χ3n) is 5.26. The summed E-state index contributed by atoms with van der Waals surface area (Å²) in [6.07, 6.45) is 2.51. The lowest BCUT2D eigenvalue weighted by Crippen LogP contribution is -2.25. The van der Waals surface area contributed by atoms with Crippen LogP contribution in [0.4, 0.5) is 10.8 Å². The van der Waals surface area contributed by atoms with Crippen molar-refractivity contribution < 1.29 is 9.59 Å². The van der Waals surface area contributed by atoms with Gasteiger partial charge in [-0.25, -0.2) is 4.98 Å². The molecule has 2 amide bonds. The van der Waals surface area contributed by atoms with Crippen LogP contribution in [0.3, 0.4) is 0 Å². The summed E-state index contributed by atoms with van der Waals surface area (Å²) in [5.74, 6) is -0.631. The predicted molar refractivity (Wildman–Crippen MR) is 122 cm³/mol. The van der Waals surface area contributed by atoms with E-state index in [1.54, 1.807) is 24.3 Å². The second-order valence-corrected chi connectivity index (χ2v) is 9.06. The molecule has 0 saturated carbocycles. The molecule has 2 aromatic carbocycles. The van der Waals surface area contributed by atoms with Gasteiger partial charge in [-0.1, -0.05) is 35.4 Å². The average Bonchev–Trinajstić information content (AvgIpc) is 3.13. The highest BCUT2D eigenvalue weighted by Gasteiger charge is 2.31. The number of benzene rings is 2. The van der Waals surface area contributed by atoms with Crippen molar-refractivity contribution in [2.24, 2.45) is 0 Å². The quantitative estimate of drug-likeness (QED) is 0.545. The Morgan fingerprint density at radius 1 is 1.10 bits per heavy atom. The van der Waals surface area contributed by atoms with E-state index in [2.05, 4.69) is 15.6 Å². The van der Waals surface area contributed by atoms with E-state index in [-0.39, 0.29) is 17.7 Å². The Morgan fingerprint density at radius 2 is 1.87 bits per heavy atom. The summed E-state index contributed by atoms with van der Waals surface area (Å²) < 4.78 is 0. The van der Waals surface area contributed by atoms with Crippen LogP contribution in [-0.2, 0) is 11.2 Å². The van der Waals surface area contributed by atoms with Crippen LogP contribution >= 0.6 is 22.9 Å². The molecule has 2 N–H and O–H groups in total. The van der Waals surface area contributed by atoms with Crippen LogP contribution in [0.2, 0.25) is 5.02 Å². The molecule has 0 radical (unpaired) electrons. The third-order valence-corrected chi connectivity index (χ3v) is 6.54. The number of rotatable bonds is 4. The first-order valence-electron chi connectivity index (χ1n) is 9.85. The first-order chi connectivity index (χ1) is 14.4. The zero-order valence-electron chi connectivity index (χ0n) is 16.8. The summed E-state index contributed by atoms with van der Waals surface area (Å²) in [7, 11) is 0. The lowest BCUT2D eigenvalue weighted by atomic mass is 9.90. The van der Waals surface area contributed by atoms with Crippen molar-refractivity contribution in [2.75, 3.05) is 10.6 Å². The van der Waals surface area contributed by atoms with Gasteiger partial charge in [0.15, 0.2) is 5.13 Å². The predicted octanol–water partition coefficient (Wildman–Crippen LogP) is 5.72. The molecule has 1 aromatic heterocycles. The lowest BCUT2D eigenvalue weighted by Gasteiger charge is -2.21. The van der Waals surface area contributed by atoms with Crippen molar-refractivity contribution in [3.63, 3.8) is 0 Å². The molecule has 0 saturated heterocycles. The van der Waals surface area contributed by atoms with E-state index in [0.717, 1.165) is 41.0 Å². The van der Waals surface area contributed by atoms with Crippen molar-refractivity contribution in [3.05, 3.63) is 74.7 Å². The molecular formula is C23H22ClN3O2S. The van der Waals surface area contributed by atoms with Crippen molar-refractivity contribution in [1.29, 1.82) is 0 Å². The van der Waals surface area contributed by atoms with E-state index in [4.69, 9.17) is 11.6 Å². The Morgan fingerprint density at radius 3 is 2.63 bits per heavy atom. The number of aromatic nitrogens is 1. The van der Waals surface area contributed by atoms with E-state index < -0.39 is 0 Å². The van der Waals surface area contributed by atoms with Crippen LogP contribution in [0.1, 0.15) is 50.8 Å². The molecule has 0 fully saturated rings. The van der Waals surface area contributed by atoms with Crippen molar-refractivity contribution in [2.45, 2.75) is 39.0 Å². The maximum atomic E-state index is 13.0. The minimum atomic E-state index is -0.339. The number of nitrogens with zero attached hydrogens (tertiary/aromatic N) is 1. The molecule has 30 heavy (non-hydrogen) atoms. The molecule has 1 aliphatic carbocycles. The van der Waals surface area contributed by atoms with Crippen molar-refractivity contribution in [1.82, 2.24) is 4.98 Å². The van der Waals surface area contributed by atoms with Gasteiger partial charge in [-0.2, -0.15) is 0 Å². The minimum absolute atomic E-state index is 0.0944. The van der Waals surface area contributed by atoms with Gasteiger partial charge in [0.25, 0.3) is 5.91 Å².